The van der Waals surface area contributed by atoms with Crippen LogP contribution in [0.1, 0.15) is 42.9 Å². The number of nitro benzene ring substituents is 1. The van der Waals surface area contributed by atoms with Crippen LogP contribution in [0.3, 0.4) is 0 Å². The Hall–Kier alpha value is -2.82. The summed E-state index contributed by atoms with van der Waals surface area (Å²) in [6, 6.07) is 13.3. The molecular formula is C21H22N2O3. The maximum Gasteiger partial charge on any atom is 0.269 e. The van der Waals surface area contributed by atoms with E-state index in [1.54, 1.807) is 12.1 Å². The van der Waals surface area contributed by atoms with Gasteiger partial charge in [-0.15, -0.1) is 0 Å². The summed E-state index contributed by atoms with van der Waals surface area (Å²) in [4.78, 5) is 10.6. The van der Waals surface area contributed by atoms with Crippen LogP contribution in [0.25, 0.3) is 0 Å². The topological polar surface area (TPSA) is 64.4 Å². The summed E-state index contributed by atoms with van der Waals surface area (Å²) in [5, 5.41) is 14.6. The van der Waals surface area contributed by atoms with Crippen molar-refractivity contribution in [1.29, 1.82) is 0 Å². The smallest absolute Gasteiger partial charge is 0.269 e. The van der Waals surface area contributed by atoms with Crippen molar-refractivity contribution in [2.24, 2.45) is 5.92 Å². The Morgan fingerprint density at radius 1 is 1.23 bits per heavy atom. The van der Waals surface area contributed by atoms with Gasteiger partial charge in [0.2, 0.25) is 0 Å². The quantitative estimate of drug-likeness (QED) is 0.457. The van der Waals surface area contributed by atoms with Gasteiger partial charge in [0.25, 0.3) is 5.69 Å². The first-order chi connectivity index (χ1) is 12.7. The van der Waals surface area contributed by atoms with Gasteiger partial charge in [0.05, 0.1) is 17.6 Å². The van der Waals surface area contributed by atoms with Gasteiger partial charge in [0.1, 0.15) is 5.75 Å². The number of hydrogen-bond donors (Lipinski definition) is 1. The summed E-state index contributed by atoms with van der Waals surface area (Å²) >= 11 is 0. The third-order valence-corrected chi connectivity index (χ3v) is 5.27. The van der Waals surface area contributed by atoms with E-state index in [1.807, 2.05) is 18.2 Å². The Kier molecular flexibility index (Phi) is 4.37. The largest absolute Gasteiger partial charge is 0.494 e. The summed E-state index contributed by atoms with van der Waals surface area (Å²) in [7, 11) is 0. The Balaban J connectivity index is 1.65. The fraction of sp³-hybridized carbons (Fsp3) is 0.333. The fourth-order valence-corrected chi connectivity index (χ4v) is 4.02. The molecule has 0 bridgehead atoms. The van der Waals surface area contributed by atoms with Crippen LogP contribution in [0.5, 0.6) is 5.75 Å². The monoisotopic (exact) mass is 350 g/mol. The van der Waals surface area contributed by atoms with E-state index in [1.165, 1.54) is 5.56 Å². The van der Waals surface area contributed by atoms with Crippen LogP contribution in [0.4, 0.5) is 11.4 Å². The number of rotatable bonds is 5. The van der Waals surface area contributed by atoms with Crippen LogP contribution in [-0.2, 0) is 0 Å². The molecule has 1 aliphatic heterocycles. The predicted molar refractivity (Wildman–Crippen MR) is 102 cm³/mol. The molecule has 5 nitrogen and oxygen atoms in total. The minimum Gasteiger partial charge on any atom is -0.494 e. The van der Waals surface area contributed by atoms with Crippen LogP contribution in [0, 0.1) is 16.0 Å². The van der Waals surface area contributed by atoms with Gasteiger partial charge in [-0.05, 0) is 48.1 Å². The van der Waals surface area contributed by atoms with Gasteiger partial charge in [-0.25, -0.2) is 0 Å². The highest BCUT2D eigenvalue weighted by Gasteiger charge is 2.38. The lowest BCUT2D eigenvalue weighted by molar-refractivity contribution is -0.384. The van der Waals surface area contributed by atoms with Gasteiger partial charge in [-0.3, -0.25) is 10.1 Å². The summed E-state index contributed by atoms with van der Waals surface area (Å²) in [6.07, 6.45) is 6.51. The van der Waals surface area contributed by atoms with Crippen LogP contribution >= 0.6 is 0 Å². The number of nitro groups is 1. The molecule has 0 amide bonds. The first kappa shape index (κ1) is 16.6. The molecule has 0 saturated carbocycles. The number of hydrogen-bond acceptors (Lipinski definition) is 4. The van der Waals surface area contributed by atoms with E-state index in [-0.39, 0.29) is 16.7 Å². The molecule has 0 radical (unpaired) electrons. The second kappa shape index (κ2) is 6.83. The van der Waals surface area contributed by atoms with Gasteiger partial charge < -0.3 is 10.1 Å². The Morgan fingerprint density at radius 3 is 2.77 bits per heavy atom. The van der Waals surface area contributed by atoms with Gasteiger partial charge >= 0.3 is 0 Å². The zero-order chi connectivity index (χ0) is 18.1. The molecule has 1 aliphatic carbocycles. The van der Waals surface area contributed by atoms with Crippen molar-refractivity contribution >= 4 is 11.4 Å². The lowest BCUT2D eigenvalue weighted by Crippen LogP contribution is -2.29. The minimum absolute atomic E-state index is 0.128. The van der Waals surface area contributed by atoms with Crippen molar-refractivity contribution in [3.63, 3.8) is 0 Å². The summed E-state index contributed by atoms with van der Waals surface area (Å²) in [5.41, 5.74) is 3.61. The van der Waals surface area contributed by atoms with Crippen LogP contribution in [0.15, 0.2) is 54.6 Å². The number of allylic oxidation sites excluding steroid dienone is 2. The van der Waals surface area contributed by atoms with E-state index in [0.717, 1.165) is 36.4 Å². The van der Waals surface area contributed by atoms with E-state index >= 15 is 0 Å². The number of benzene rings is 2. The lowest BCUT2D eigenvalue weighted by atomic mass is 9.77. The average Bonchev–Trinajstić information content (AvgIpc) is 3.16. The summed E-state index contributed by atoms with van der Waals surface area (Å²) in [5.74, 6) is 1.67. The highest BCUT2D eigenvalue weighted by molar-refractivity contribution is 5.61. The van der Waals surface area contributed by atoms with E-state index in [2.05, 4.69) is 36.5 Å². The number of anilines is 1. The zero-order valence-electron chi connectivity index (χ0n) is 14.7. The maximum atomic E-state index is 10.9. The molecule has 2 aromatic carbocycles. The van der Waals surface area contributed by atoms with Crippen molar-refractivity contribution < 1.29 is 9.66 Å². The van der Waals surface area contributed by atoms with Crippen LogP contribution < -0.4 is 10.1 Å². The van der Waals surface area contributed by atoms with E-state index in [4.69, 9.17) is 4.74 Å². The molecule has 4 rings (SSSR count). The molecule has 3 unspecified atom stereocenters. The zero-order valence-corrected chi connectivity index (χ0v) is 14.7. The molecule has 26 heavy (non-hydrogen) atoms. The molecule has 5 heteroatoms. The number of fused-ring (bicyclic) bond motifs is 3. The van der Waals surface area contributed by atoms with Crippen molar-refractivity contribution in [3.8, 4) is 5.75 Å². The van der Waals surface area contributed by atoms with Gasteiger partial charge in [0.15, 0.2) is 0 Å². The Bertz CT molecular complexity index is 845. The molecule has 3 atom stereocenters. The third-order valence-electron chi connectivity index (χ3n) is 5.27. The van der Waals surface area contributed by atoms with E-state index in [0.29, 0.717) is 11.8 Å². The normalized spacial score (nSPS) is 23.0. The number of ether oxygens (including phenoxy) is 1. The molecule has 2 aromatic rings. The third kappa shape index (κ3) is 2.94. The molecule has 0 fully saturated rings. The molecule has 0 aromatic heterocycles. The fourth-order valence-electron chi connectivity index (χ4n) is 4.02. The first-order valence-electron chi connectivity index (χ1n) is 9.11. The first-order valence-corrected chi connectivity index (χ1v) is 9.11. The molecule has 0 spiro atoms. The van der Waals surface area contributed by atoms with Gasteiger partial charge in [-0.1, -0.05) is 31.2 Å². The van der Waals surface area contributed by atoms with Gasteiger partial charge in [0, 0.05) is 23.7 Å². The summed E-state index contributed by atoms with van der Waals surface area (Å²) in [6.45, 7) is 2.83. The summed E-state index contributed by atoms with van der Waals surface area (Å²) < 4.78 is 5.80. The number of non-ortho nitro benzene ring substituents is 1. The maximum absolute atomic E-state index is 10.9. The molecule has 0 saturated heterocycles. The lowest BCUT2D eigenvalue weighted by Gasteiger charge is -2.37. The van der Waals surface area contributed by atoms with E-state index in [9.17, 15) is 10.1 Å². The predicted octanol–water partition coefficient (Wildman–Crippen LogP) is 5.21. The Morgan fingerprint density at radius 2 is 2.04 bits per heavy atom. The van der Waals surface area contributed by atoms with Crippen molar-refractivity contribution in [2.45, 2.75) is 31.7 Å². The molecule has 1 heterocycles. The molecule has 134 valence electrons. The standard InChI is InChI=1S/C21H22N2O3/c1-2-12-26-16-10-11-20-19(13-16)17-4-3-5-18(17)21(22-20)14-6-8-15(9-7-14)23(24)25/h3-4,6-11,13,17-18,21-22H,2,5,12H2,1H3. The SMILES string of the molecule is CCCOc1ccc2c(c1)C1C=CCC1C(c1ccc([N+](=O)[O-])cc1)N2. The van der Waals surface area contributed by atoms with Crippen molar-refractivity contribution in [2.75, 3.05) is 11.9 Å². The second-order valence-electron chi connectivity index (χ2n) is 6.92. The molecular weight excluding hydrogens is 328 g/mol. The van der Waals surface area contributed by atoms with E-state index < -0.39 is 0 Å². The highest BCUT2D eigenvalue weighted by Crippen LogP contribution is 2.50. The minimum atomic E-state index is -0.356. The van der Waals surface area contributed by atoms with Crippen molar-refractivity contribution in [3.05, 3.63) is 75.9 Å². The molecule has 2 aliphatic rings. The average molecular weight is 350 g/mol. The molecule has 1 N–H and O–H groups in total. The van der Waals surface area contributed by atoms with Gasteiger partial charge in [-0.2, -0.15) is 0 Å². The number of nitrogens with zero attached hydrogens (tertiary/aromatic N) is 1. The van der Waals surface area contributed by atoms with Crippen LogP contribution in [-0.4, -0.2) is 11.5 Å². The Labute approximate surface area is 152 Å². The second-order valence-corrected chi connectivity index (χ2v) is 6.92. The highest BCUT2D eigenvalue weighted by atomic mass is 16.6. The number of nitrogens with one attached hydrogen (secondary N) is 1. The van der Waals surface area contributed by atoms with Crippen LogP contribution in [0.2, 0.25) is 0 Å². The van der Waals surface area contributed by atoms with Crippen molar-refractivity contribution in [1.82, 2.24) is 0 Å².